The van der Waals surface area contributed by atoms with Crippen molar-refractivity contribution in [2.45, 2.75) is 84.5 Å². The Morgan fingerprint density at radius 3 is 2.00 bits per heavy atom. The van der Waals surface area contributed by atoms with Gasteiger partial charge in [0.2, 0.25) is 0 Å². The maximum absolute atomic E-state index is 11.4. The standard InChI is InChI=1S/C45H46N2O4S2/c1-5-7-9-11-21-50-31-14-18-39-35(25-31)36-26-32(51-22-12-10-8-6-2)15-19-40(36)47(39)30-13-17-34-37(24-30)45(3,4)38-27-42(53-43(34)38)41-20-16-33(52-41)23-29(28-46)44(48)49/h13-20,23-27H,5-12,21-22H2,1-4H3,(H,48,49)/b29-23-. The van der Waals surface area contributed by atoms with Gasteiger partial charge in [-0.3, -0.25) is 0 Å². The van der Waals surface area contributed by atoms with Crippen LogP contribution in [0.5, 0.6) is 11.5 Å². The zero-order valence-electron chi connectivity index (χ0n) is 31.0. The number of nitrogens with zero attached hydrogens (tertiary/aromatic N) is 2. The molecule has 6 nitrogen and oxygen atoms in total. The van der Waals surface area contributed by atoms with Gasteiger partial charge in [-0.1, -0.05) is 72.3 Å². The molecule has 0 saturated heterocycles. The van der Waals surface area contributed by atoms with E-state index in [1.807, 2.05) is 12.1 Å². The van der Waals surface area contributed by atoms with Crippen molar-refractivity contribution >= 4 is 56.5 Å². The maximum Gasteiger partial charge on any atom is 0.346 e. The molecule has 0 aliphatic heterocycles. The third-order valence-electron chi connectivity index (χ3n) is 10.3. The van der Waals surface area contributed by atoms with Crippen molar-refractivity contribution in [3.8, 4) is 43.5 Å². The van der Waals surface area contributed by atoms with Crippen LogP contribution in [0.15, 0.2) is 78.4 Å². The van der Waals surface area contributed by atoms with E-state index in [9.17, 15) is 15.2 Å². The highest BCUT2D eigenvalue weighted by Gasteiger charge is 2.38. The SMILES string of the molecule is CCCCCCOc1ccc2c(c1)c1cc(OCCCCCC)ccc1n2-c1ccc2c(c1)C(C)(C)c1cc(-c3ccc(/C=C(/C#N)C(=O)O)s3)sc1-2. The van der Waals surface area contributed by atoms with Crippen molar-refractivity contribution in [2.75, 3.05) is 13.2 Å². The molecular weight excluding hydrogens is 697 g/mol. The van der Waals surface area contributed by atoms with E-state index >= 15 is 0 Å². The predicted octanol–water partition coefficient (Wildman–Crippen LogP) is 12.8. The minimum atomic E-state index is -1.21. The van der Waals surface area contributed by atoms with Crippen LogP contribution in [0, 0.1) is 11.3 Å². The van der Waals surface area contributed by atoms with Gasteiger partial charge in [-0.05, 0) is 102 Å². The first-order valence-corrected chi connectivity index (χ1v) is 20.5. The Labute approximate surface area is 319 Å². The molecule has 0 bridgehead atoms. The number of carbonyl (C=O) groups is 1. The summed E-state index contributed by atoms with van der Waals surface area (Å²) in [5.74, 6) is 0.584. The van der Waals surface area contributed by atoms with E-state index in [2.05, 4.69) is 92.9 Å². The number of aromatic nitrogens is 1. The summed E-state index contributed by atoms with van der Waals surface area (Å²) < 4.78 is 14.9. The second-order valence-corrected chi connectivity index (χ2v) is 16.6. The number of ether oxygens (including phenoxy) is 2. The van der Waals surface area contributed by atoms with Crippen LogP contribution in [0.4, 0.5) is 0 Å². The predicted molar refractivity (Wildman–Crippen MR) is 220 cm³/mol. The fourth-order valence-corrected chi connectivity index (χ4v) is 9.82. The summed E-state index contributed by atoms with van der Waals surface area (Å²) in [4.78, 5) is 15.6. The Morgan fingerprint density at radius 2 is 1.42 bits per heavy atom. The highest BCUT2D eigenvalue weighted by atomic mass is 32.1. The Kier molecular flexibility index (Phi) is 10.8. The number of aliphatic carboxylic acids is 1. The van der Waals surface area contributed by atoms with Gasteiger partial charge in [0.1, 0.15) is 23.1 Å². The lowest BCUT2D eigenvalue weighted by atomic mass is 9.82. The van der Waals surface area contributed by atoms with Gasteiger partial charge >= 0.3 is 5.97 Å². The Balaban J connectivity index is 1.24. The number of carboxylic acids is 1. The van der Waals surface area contributed by atoms with Crippen molar-refractivity contribution in [3.63, 3.8) is 0 Å². The van der Waals surface area contributed by atoms with Crippen molar-refractivity contribution in [1.29, 1.82) is 5.26 Å². The third kappa shape index (κ3) is 7.25. The average molecular weight is 743 g/mol. The van der Waals surface area contributed by atoms with Gasteiger partial charge in [0.15, 0.2) is 0 Å². The van der Waals surface area contributed by atoms with Gasteiger partial charge < -0.3 is 19.1 Å². The van der Waals surface area contributed by atoms with Gasteiger partial charge in [-0.15, -0.1) is 22.7 Å². The van der Waals surface area contributed by atoms with E-state index < -0.39 is 5.97 Å². The second-order valence-electron chi connectivity index (χ2n) is 14.4. The maximum atomic E-state index is 11.4. The van der Waals surface area contributed by atoms with E-state index in [0.717, 1.165) is 79.7 Å². The van der Waals surface area contributed by atoms with Crippen LogP contribution in [-0.4, -0.2) is 28.9 Å². The molecule has 1 aliphatic rings. The van der Waals surface area contributed by atoms with E-state index in [-0.39, 0.29) is 11.0 Å². The summed E-state index contributed by atoms with van der Waals surface area (Å²) in [6, 6.07) is 27.8. The molecule has 1 N–H and O–H groups in total. The lowest BCUT2D eigenvalue weighted by Gasteiger charge is -2.22. The Morgan fingerprint density at radius 1 is 0.774 bits per heavy atom. The summed E-state index contributed by atoms with van der Waals surface area (Å²) in [6.07, 6.45) is 10.8. The number of carboxylic acid groups (broad SMARTS) is 1. The molecule has 272 valence electrons. The van der Waals surface area contributed by atoms with Crippen LogP contribution in [-0.2, 0) is 10.2 Å². The van der Waals surface area contributed by atoms with Gasteiger partial charge in [0.25, 0.3) is 0 Å². The van der Waals surface area contributed by atoms with E-state index in [0.29, 0.717) is 0 Å². The largest absolute Gasteiger partial charge is 0.494 e. The van der Waals surface area contributed by atoms with Crippen molar-refractivity contribution in [3.05, 3.63) is 94.4 Å². The topological polar surface area (TPSA) is 84.5 Å². The minimum absolute atomic E-state index is 0.219. The number of hydrogen-bond acceptors (Lipinski definition) is 6. The summed E-state index contributed by atoms with van der Waals surface area (Å²) in [6.45, 7) is 10.5. The van der Waals surface area contributed by atoms with Crippen LogP contribution in [0.25, 0.3) is 53.8 Å². The molecule has 3 aromatic heterocycles. The fourth-order valence-electron chi connectivity index (χ4n) is 7.43. The molecule has 3 heterocycles. The van der Waals surface area contributed by atoms with Gasteiger partial charge in [-0.25, -0.2) is 4.79 Å². The summed E-state index contributed by atoms with van der Waals surface area (Å²) in [7, 11) is 0. The van der Waals surface area contributed by atoms with E-state index in [1.165, 1.54) is 77.5 Å². The fraction of sp³-hybridized carbons (Fsp3) is 0.333. The molecule has 0 saturated carbocycles. The molecule has 7 rings (SSSR count). The lowest BCUT2D eigenvalue weighted by molar-refractivity contribution is -0.132. The Hall–Kier alpha value is -4.84. The molecule has 0 amide bonds. The van der Waals surface area contributed by atoms with Gasteiger partial charge in [-0.2, -0.15) is 5.26 Å². The summed E-state index contributed by atoms with van der Waals surface area (Å²) in [5.41, 5.74) is 6.75. The quantitative estimate of drug-likeness (QED) is 0.0606. The van der Waals surface area contributed by atoms with Crippen LogP contribution in [0.2, 0.25) is 0 Å². The molecule has 3 aromatic carbocycles. The first kappa shape index (κ1) is 36.5. The molecule has 0 unspecified atom stereocenters. The molecular formula is C45H46N2O4S2. The normalized spacial score (nSPS) is 13.3. The first-order valence-electron chi connectivity index (χ1n) is 18.8. The molecule has 1 aliphatic carbocycles. The molecule has 0 fully saturated rings. The van der Waals surface area contributed by atoms with Crippen molar-refractivity contribution in [1.82, 2.24) is 4.57 Å². The monoisotopic (exact) mass is 742 g/mol. The third-order valence-corrected chi connectivity index (χ3v) is 12.7. The molecule has 0 spiro atoms. The van der Waals surface area contributed by atoms with Crippen LogP contribution in [0.3, 0.4) is 0 Å². The van der Waals surface area contributed by atoms with Gasteiger partial charge in [0.05, 0.1) is 24.2 Å². The summed E-state index contributed by atoms with van der Waals surface area (Å²) >= 11 is 3.27. The van der Waals surface area contributed by atoms with Crippen LogP contribution in [0.1, 0.15) is 95.1 Å². The number of rotatable bonds is 16. The van der Waals surface area contributed by atoms with E-state index in [4.69, 9.17) is 9.47 Å². The van der Waals surface area contributed by atoms with Gasteiger partial charge in [0, 0.05) is 41.4 Å². The Bertz CT molecular complexity index is 2300. The minimum Gasteiger partial charge on any atom is -0.494 e. The van der Waals surface area contributed by atoms with E-state index in [1.54, 1.807) is 17.4 Å². The van der Waals surface area contributed by atoms with Crippen molar-refractivity contribution < 1.29 is 19.4 Å². The smallest absolute Gasteiger partial charge is 0.346 e. The number of thiophene rings is 2. The highest BCUT2D eigenvalue weighted by Crippen LogP contribution is 2.55. The van der Waals surface area contributed by atoms with Crippen molar-refractivity contribution in [2.24, 2.45) is 0 Å². The number of fused-ring (bicyclic) bond motifs is 6. The number of benzene rings is 3. The molecule has 0 radical (unpaired) electrons. The van der Waals surface area contributed by atoms with Crippen LogP contribution >= 0.6 is 22.7 Å². The van der Waals surface area contributed by atoms with Crippen LogP contribution < -0.4 is 9.47 Å². The summed E-state index contributed by atoms with van der Waals surface area (Å²) in [5, 5.41) is 20.8. The molecule has 53 heavy (non-hydrogen) atoms. The number of unbranched alkanes of at least 4 members (excludes halogenated alkanes) is 6. The second kappa shape index (κ2) is 15.6. The first-order chi connectivity index (χ1) is 25.7. The highest BCUT2D eigenvalue weighted by molar-refractivity contribution is 7.24. The molecule has 6 aromatic rings. The molecule has 8 heteroatoms. The zero-order chi connectivity index (χ0) is 37.1. The zero-order valence-corrected chi connectivity index (χ0v) is 32.6. The number of hydrogen-bond donors (Lipinski definition) is 1. The molecule has 0 atom stereocenters. The average Bonchev–Trinajstić information content (AvgIpc) is 3.92. The lowest BCUT2D eigenvalue weighted by Crippen LogP contribution is -2.15. The number of nitriles is 1.